The molecule has 2 fully saturated rings. The Hall–Kier alpha value is -3.27. The van der Waals surface area contributed by atoms with Crippen LogP contribution >= 0.6 is 0 Å². The van der Waals surface area contributed by atoms with Gasteiger partial charge < -0.3 is 10.0 Å². The number of fused-ring (bicyclic) bond motifs is 2. The minimum absolute atomic E-state index is 0.132. The summed E-state index contributed by atoms with van der Waals surface area (Å²) >= 11 is 0. The Kier molecular flexibility index (Phi) is 3.92. The summed E-state index contributed by atoms with van der Waals surface area (Å²) in [6.45, 7) is 2.37. The molecule has 10 nitrogen and oxygen atoms in total. The molecule has 27 heavy (non-hydrogen) atoms. The fraction of sp³-hybridized carbons (Fsp3) is 0.353. The lowest BCUT2D eigenvalue weighted by molar-refractivity contribution is 0.0704. The summed E-state index contributed by atoms with van der Waals surface area (Å²) in [7, 11) is 0. The fourth-order valence-corrected chi connectivity index (χ4v) is 4.22. The number of carbonyl (C=O) groups is 2. The van der Waals surface area contributed by atoms with Crippen LogP contribution in [0.25, 0.3) is 0 Å². The van der Waals surface area contributed by atoms with Crippen molar-refractivity contribution in [2.24, 2.45) is 0 Å². The highest BCUT2D eigenvalue weighted by atomic mass is 16.5. The molecule has 0 radical (unpaired) electrons. The van der Waals surface area contributed by atoms with E-state index in [0.717, 1.165) is 5.56 Å². The zero-order valence-corrected chi connectivity index (χ0v) is 14.5. The molecule has 0 aliphatic carbocycles. The number of anilines is 1. The normalized spacial score (nSPS) is 26.3. The van der Waals surface area contributed by atoms with Gasteiger partial charge in [0.05, 0.1) is 23.2 Å². The van der Waals surface area contributed by atoms with Crippen LogP contribution in [-0.2, 0) is 0 Å². The molecule has 2 aromatic rings. The van der Waals surface area contributed by atoms with Crippen LogP contribution in [0.2, 0.25) is 0 Å². The standard InChI is InChI=1S/C17H18N6O4/c1-17-5-12(13(23(17)16(25)26)10-3-2-4-18-6-10)22(9-17)15-19-7-11(8-20-15)14(24)21-27/h2-4,6-8,12-13,27H,5,9H2,1H3,(H,21,24)(H,25,26)/t12-,13?,17-/m0/s1. The number of amides is 2. The molecule has 2 amide bonds. The summed E-state index contributed by atoms with van der Waals surface area (Å²) in [5.74, 6) is -0.279. The van der Waals surface area contributed by atoms with Crippen LogP contribution < -0.4 is 10.4 Å². The minimum Gasteiger partial charge on any atom is -0.465 e. The maximum Gasteiger partial charge on any atom is 0.408 e. The molecule has 3 N–H and O–H groups in total. The van der Waals surface area contributed by atoms with Gasteiger partial charge in [-0.3, -0.25) is 19.9 Å². The lowest BCUT2D eigenvalue weighted by atomic mass is 10.0. The Bertz CT molecular complexity index is 877. The van der Waals surface area contributed by atoms with Gasteiger partial charge in [0.25, 0.3) is 5.91 Å². The third-order valence-electron chi connectivity index (χ3n) is 5.28. The van der Waals surface area contributed by atoms with E-state index in [1.165, 1.54) is 22.8 Å². The number of hydrogen-bond acceptors (Lipinski definition) is 7. The fourth-order valence-electron chi connectivity index (χ4n) is 4.22. The number of nitrogens with one attached hydrogen (secondary N) is 1. The molecule has 4 heterocycles. The Morgan fingerprint density at radius 2 is 2.04 bits per heavy atom. The number of piperazine rings is 1. The first-order valence-electron chi connectivity index (χ1n) is 8.40. The van der Waals surface area contributed by atoms with Gasteiger partial charge in [-0.2, -0.15) is 0 Å². The van der Waals surface area contributed by atoms with Crippen molar-refractivity contribution in [3.63, 3.8) is 0 Å². The van der Waals surface area contributed by atoms with E-state index in [1.807, 2.05) is 17.9 Å². The van der Waals surface area contributed by atoms with E-state index in [-0.39, 0.29) is 17.6 Å². The third kappa shape index (κ3) is 2.65. The Morgan fingerprint density at radius 3 is 2.63 bits per heavy atom. The van der Waals surface area contributed by atoms with E-state index in [0.29, 0.717) is 18.9 Å². The van der Waals surface area contributed by atoms with Crippen molar-refractivity contribution in [2.45, 2.75) is 31.0 Å². The monoisotopic (exact) mass is 370 g/mol. The van der Waals surface area contributed by atoms with E-state index >= 15 is 0 Å². The predicted octanol–water partition coefficient (Wildman–Crippen LogP) is 1.06. The summed E-state index contributed by atoms with van der Waals surface area (Å²) < 4.78 is 0. The number of carbonyl (C=O) groups excluding carboxylic acids is 1. The molecule has 0 aromatic carbocycles. The first-order valence-corrected chi connectivity index (χ1v) is 8.40. The van der Waals surface area contributed by atoms with Crippen LogP contribution in [0, 0.1) is 0 Å². The van der Waals surface area contributed by atoms with Gasteiger partial charge in [-0.05, 0) is 25.0 Å². The van der Waals surface area contributed by atoms with Gasteiger partial charge in [0, 0.05) is 31.3 Å². The summed E-state index contributed by atoms with van der Waals surface area (Å²) in [4.78, 5) is 39.5. The average molecular weight is 370 g/mol. The smallest absolute Gasteiger partial charge is 0.408 e. The minimum atomic E-state index is -0.968. The lowest BCUT2D eigenvalue weighted by Gasteiger charge is -2.44. The van der Waals surface area contributed by atoms with Crippen molar-refractivity contribution in [3.8, 4) is 0 Å². The van der Waals surface area contributed by atoms with Crippen molar-refractivity contribution < 1.29 is 19.9 Å². The highest BCUT2D eigenvalue weighted by Crippen LogP contribution is 2.51. The Balaban J connectivity index is 1.70. The first kappa shape index (κ1) is 17.2. The van der Waals surface area contributed by atoms with Crippen molar-refractivity contribution >= 4 is 17.9 Å². The Labute approximate surface area is 154 Å². The number of hydrogen-bond donors (Lipinski definition) is 3. The SMILES string of the molecule is C[C@@]12C[C@@H](C(c3cccnc3)N1C(=O)O)N(c1ncc(C(=O)NO)cn1)C2. The van der Waals surface area contributed by atoms with E-state index in [1.54, 1.807) is 18.5 Å². The molecule has 3 atom stereocenters. The molecule has 4 rings (SSSR count). The summed E-state index contributed by atoms with van der Waals surface area (Å²) in [5, 5.41) is 18.5. The maximum absolute atomic E-state index is 12.0. The largest absolute Gasteiger partial charge is 0.465 e. The van der Waals surface area contributed by atoms with Crippen LogP contribution in [0.15, 0.2) is 36.9 Å². The summed E-state index contributed by atoms with van der Waals surface area (Å²) in [5.41, 5.74) is 1.90. The Morgan fingerprint density at radius 1 is 1.30 bits per heavy atom. The van der Waals surface area contributed by atoms with Crippen molar-refractivity contribution in [2.75, 3.05) is 11.4 Å². The maximum atomic E-state index is 12.0. The highest BCUT2D eigenvalue weighted by Gasteiger charge is 2.60. The number of rotatable bonds is 3. The summed E-state index contributed by atoms with van der Waals surface area (Å²) in [6, 6.07) is 3.12. The molecule has 1 unspecified atom stereocenters. The molecule has 10 heteroatoms. The predicted molar refractivity (Wildman–Crippen MR) is 92.3 cm³/mol. The topological polar surface area (TPSA) is 132 Å². The second kappa shape index (κ2) is 6.16. The number of hydroxylamine groups is 1. The van der Waals surface area contributed by atoms with Crippen LogP contribution in [0.5, 0.6) is 0 Å². The van der Waals surface area contributed by atoms with Gasteiger partial charge in [0.2, 0.25) is 5.95 Å². The lowest BCUT2D eigenvalue weighted by Crippen LogP contribution is -2.56. The van der Waals surface area contributed by atoms with E-state index < -0.39 is 17.5 Å². The number of likely N-dealkylation sites (tertiary alicyclic amines) is 1. The average Bonchev–Trinajstić information content (AvgIpc) is 3.19. The quantitative estimate of drug-likeness (QED) is 0.540. The number of aromatic nitrogens is 3. The molecule has 0 saturated carbocycles. The van der Waals surface area contributed by atoms with Gasteiger partial charge >= 0.3 is 6.09 Å². The molecule has 2 saturated heterocycles. The van der Waals surface area contributed by atoms with E-state index in [4.69, 9.17) is 5.21 Å². The molecule has 2 aromatic heterocycles. The third-order valence-corrected chi connectivity index (χ3v) is 5.28. The van der Waals surface area contributed by atoms with Crippen LogP contribution in [-0.4, -0.2) is 60.3 Å². The molecule has 140 valence electrons. The second-order valence-electron chi connectivity index (χ2n) is 6.99. The summed E-state index contributed by atoms with van der Waals surface area (Å²) in [6.07, 6.45) is 5.66. The molecule has 0 spiro atoms. The van der Waals surface area contributed by atoms with Gasteiger partial charge in [0.15, 0.2) is 0 Å². The van der Waals surface area contributed by atoms with Crippen LogP contribution in [0.4, 0.5) is 10.7 Å². The van der Waals surface area contributed by atoms with Crippen LogP contribution in [0.3, 0.4) is 0 Å². The molecular formula is C17H18N6O4. The van der Waals surface area contributed by atoms with Crippen molar-refractivity contribution in [3.05, 3.63) is 48.0 Å². The molecule has 2 aliphatic rings. The van der Waals surface area contributed by atoms with Crippen molar-refractivity contribution in [1.82, 2.24) is 25.3 Å². The molecule has 2 aliphatic heterocycles. The second-order valence-corrected chi connectivity index (χ2v) is 6.99. The zero-order chi connectivity index (χ0) is 19.2. The highest BCUT2D eigenvalue weighted by molar-refractivity contribution is 5.92. The number of nitrogens with zero attached hydrogens (tertiary/aromatic N) is 5. The van der Waals surface area contributed by atoms with E-state index in [2.05, 4.69) is 15.0 Å². The van der Waals surface area contributed by atoms with E-state index in [9.17, 15) is 14.7 Å². The van der Waals surface area contributed by atoms with Crippen molar-refractivity contribution in [1.29, 1.82) is 0 Å². The van der Waals surface area contributed by atoms with Gasteiger partial charge in [-0.25, -0.2) is 20.2 Å². The zero-order valence-electron chi connectivity index (χ0n) is 14.5. The van der Waals surface area contributed by atoms with Crippen LogP contribution in [0.1, 0.15) is 35.3 Å². The van der Waals surface area contributed by atoms with Gasteiger partial charge in [-0.15, -0.1) is 0 Å². The first-order chi connectivity index (χ1) is 12.9. The molecular weight excluding hydrogens is 352 g/mol. The van der Waals surface area contributed by atoms with Gasteiger partial charge in [0.1, 0.15) is 0 Å². The number of pyridine rings is 1. The number of carboxylic acid groups (broad SMARTS) is 1. The van der Waals surface area contributed by atoms with Gasteiger partial charge in [-0.1, -0.05) is 6.07 Å². The molecule has 2 bridgehead atoms.